The van der Waals surface area contributed by atoms with Crippen molar-refractivity contribution >= 4 is 5.91 Å². The van der Waals surface area contributed by atoms with Gasteiger partial charge in [-0.2, -0.15) is 0 Å². The summed E-state index contributed by atoms with van der Waals surface area (Å²) in [4.78, 5) is 15.9. The average molecular weight is 266 g/mol. The van der Waals surface area contributed by atoms with Crippen molar-refractivity contribution in [1.82, 2.24) is 10.3 Å². The van der Waals surface area contributed by atoms with E-state index >= 15 is 0 Å². The highest BCUT2D eigenvalue weighted by Gasteiger charge is 2.09. The lowest BCUT2D eigenvalue weighted by Gasteiger charge is -2.12. The molecule has 0 spiro atoms. The van der Waals surface area contributed by atoms with Crippen LogP contribution in [0.3, 0.4) is 0 Å². The molecular weight excluding hydrogens is 244 g/mol. The second-order valence-electron chi connectivity index (χ2n) is 4.61. The van der Waals surface area contributed by atoms with Crippen molar-refractivity contribution in [2.45, 2.75) is 45.8 Å². The van der Waals surface area contributed by atoms with Gasteiger partial charge in [-0.05, 0) is 32.8 Å². The van der Waals surface area contributed by atoms with E-state index in [2.05, 4.69) is 10.3 Å². The Hall–Kier alpha value is -1.62. The van der Waals surface area contributed by atoms with Crippen LogP contribution in [0.2, 0.25) is 0 Å². The van der Waals surface area contributed by atoms with Crippen LogP contribution < -0.4 is 10.1 Å². The predicted molar refractivity (Wildman–Crippen MR) is 73.2 cm³/mol. The van der Waals surface area contributed by atoms with Gasteiger partial charge in [0.05, 0.1) is 12.2 Å². The maximum absolute atomic E-state index is 11.9. The number of aromatic nitrogens is 1. The van der Waals surface area contributed by atoms with Gasteiger partial charge >= 0.3 is 0 Å². The SMILES string of the molecule is CCC(C)Oc1cc(C(=O)NCCC(C)O)ccn1. The number of nitrogens with one attached hydrogen (secondary N) is 1. The maximum atomic E-state index is 11.9. The molecule has 0 bridgehead atoms. The minimum absolute atomic E-state index is 0.0704. The Bertz CT molecular complexity index is 407. The van der Waals surface area contributed by atoms with E-state index in [0.29, 0.717) is 24.4 Å². The van der Waals surface area contributed by atoms with E-state index in [0.717, 1.165) is 6.42 Å². The number of carbonyl (C=O) groups excluding carboxylic acids is 1. The lowest BCUT2D eigenvalue weighted by molar-refractivity contribution is 0.0944. The normalized spacial score (nSPS) is 13.7. The van der Waals surface area contributed by atoms with Crippen LogP contribution in [0.15, 0.2) is 18.3 Å². The molecule has 0 saturated heterocycles. The van der Waals surface area contributed by atoms with E-state index in [9.17, 15) is 4.79 Å². The molecule has 2 unspecified atom stereocenters. The third kappa shape index (κ3) is 5.70. The first-order valence-corrected chi connectivity index (χ1v) is 6.62. The zero-order chi connectivity index (χ0) is 14.3. The Morgan fingerprint density at radius 2 is 2.26 bits per heavy atom. The van der Waals surface area contributed by atoms with Gasteiger partial charge in [-0.25, -0.2) is 4.98 Å². The zero-order valence-corrected chi connectivity index (χ0v) is 11.7. The molecule has 1 rings (SSSR count). The molecule has 19 heavy (non-hydrogen) atoms. The van der Waals surface area contributed by atoms with Crippen LogP contribution in [0.25, 0.3) is 0 Å². The summed E-state index contributed by atoms with van der Waals surface area (Å²) in [6, 6.07) is 3.27. The van der Waals surface area contributed by atoms with Gasteiger partial charge in [-0.1, -0.05) is 6.92 Å². The summed E-state index contributed by atoms with van der Waals surface area (Å²) in [5.41, 5.74) is 0.513. The van der Waals surface area contributed by atoms with Crippen molar-refractivity contribution in [1.29, 1.82) is 0 Å². The molecule has 0 aliphatic rings. The van der Waals surface area contributed by atoms with E-state index in [1.807, 2.05) is 13.8 Å². The van der Waals surface area contributed by atoms with Gasteiger partial charge in [-0.15, -0.1) is 0 Å². The van der Waals surface area contributed by atoms with Gasteiger partial charge in [0.25, 0.3) is 5.91 Å². The second kappa shape index (κ2) is 7.74. The highest BCUT2D eigenvalue weighted by molar-refractivity contribution is 5.94. The molecule has 0 aliphatic heterocycles. The van der Waals surface area contributed by atoms with Gasteiger partial charge in [0.1, 0.15) is 0 Å². The first-order valence-electron chi connectivity index (χ1n) is 6.62. The number of aliphatic hydroxyl groups is 1. The molecule has 5 heteroatoms. The molecule has 1 amide bonds. The number of ether oxygens (including phenoxy) is 1. The van der Waals surface area contributed by atoms with E-state index in [-0.39, 0.29) is 12.0 Å². The standard InChI is InChI=1S/C14H22N2O3/c1-4-11(3)19-13-9-12(6-8-15-13)14(18)16-7-5-10(2)17/h6,8-11,17H,4-5,7H2,1-3H3,(H,16,18). The molecule has 1 aromatic heterocycles. The third-order valence-electron chi connectivity index (χ3n) is 2.74. The molecule has 5 nitrogen and oxygen atoms in total. The fourth-order valence-electron chi connectivity index (χ4n) is 1.40. The fourth-order valence-corrected chi connectivity index (χ4v) is 1.40. The largest absolute Gasteiger partial charge is 0.475 e. The number of aliphatic hydroxyl groups excluding tert-OH is 1. The summed E-state index contributed by atoms with van der Waals surface area (Å²) in [5, 5.41) is 11.9. The van der Waals surface area contributed by atoms with Gasteiger partial charge in [-0.3, -0.25) is 4.79 Å². The van der Waals surface area contributed by atoms with Gasteiger partial charge < -0.3 is 15.2 Å². The van der Waals surface area contributed by atoms with E-state index in [1.54, 1.807) is 25.3 Å². The summed E-state index contributed by atoms with van der Waals surface area (Å²) in [6.07, 6.45) is 2.63. The van der Waals surface area contributed by atoms with Crippen molar-refractivity contribution in [2.75, 3.05) is 6.54 Å². The minimum atomic E-state index is -0.415. The molecule has 2 N–H and O–H groups in total. The van der Waals surface area contributed by atoms with Crippen molar-refractivity contribution in [2.24, 2.45) is 0 Å². The number of pyridine rings is 1. The summed E-state index contributed by atoms with van der Waals surface area (Å²) < 4.78 is 5.57. The van der Waals surface area contributed by atoms with Crippen LogP contribution in [0.4, 0.5) is 0 Å². The Morgan fingerprint density at radius 1 is 1.53 bits per heavy atom. The summed E-state index contributed by atoms with van der Waals surface area (Å²) in [7, 11) is 0. The van der Waals surface area contributed by atoms with Crippen LogP contribution in [-0.2, 0) is 0 Å². The quantitative estimate of drug-likeness (QED) is 0.789. The molecule has 0 aliphatic carbocycles. The number of hydrogen-bond donors (Lipinski definition) is 2. The first-order chi connectivity index (χ1) is 9.02. The van der Waals surface area contributed by atoms with Crippen LogP contribution in [0.1, 0.15) is 44.0 Å². The van der Waals surface area contributed by atoms with Crippen molar-refractivity contribution in [3.63, 3.8) is 0 Å². The minimum Gasteiger partial charge on any atom is -0.475 e. The molecule has 0 fully saturated rings. The van der Waals surface area contributed by atoms with Gasteiger partial charge in [0.15, 0.2) is 0 Å². The Labute approximate surface area is 114 Å². The lowest BCUT2D eigenvalue weighted by atomic mass is 10.2. The third-order valence-corrected chi connectivity index (χ3v) is 2.74. The lowest BCUT2D eigenvalue weighted by Crippen LogP contribution is -2.26. The molecule has 0 saturated carbocycles. The van der Waals surface area contributed by atoms with Crippen LogP contribution in [0, 0.1) is 0 Å². The highest BCUT2D eigenvalue weighted by atomic mass is 16.5. The number of carbonyl (C=O) groups is 1. The topological polar surface area (TPSA) is 71.5 Å². The van der Waals surface area contributed by atoms with E-state index in [4.69, 9.17) is 9.84 Å². The zero-order valence-electron chi connectivity index (χ0n) is 11.7. The molecule has 106 valence electrons. The number of nitrogens with zero attached hydrogens (tertiary/aromatic N) is 1. The smallest absolute Gasteiger partial charge is 0.251 e. The van der Waals surface area contributed by atoms with Crippen molar-refractivity contribution in [3.05, 3.63) is 23.9 Å². The Morgan fingerprint density at radius 3 is 2.89 bits per heavy atom. The molecule has 2 atom stereocenters. The summed E-state index contributed by atoms with van der Waals surface area (Å²) >= 11 is 0. The second-order valence-corrected chi connectivity index (χ2v) is 4.61. The average Bonchev–Trinajstić information content (AvgIpc) is 2.38. The van der Waals surface area contributed by atoms with E-state index in [1.165, 1.54) is 0 Å². The monoisotopic (exact) mass is 266 g/mol. The van der Waals surface area contributed by atoms with Gasteiger partial charge in [0, 0.05) is 24.4 Å². The number of rotatable bonds is 7. The van der Waals surface area contributed by atoms with Crippen LogP contribution in [0.5, 0.6) is 5.88 Å². The maximum Gasteiger partial charge on any atom is 0.251 e. The molecule has 0 radical (unpaired) electrons. The van der Waals surface area contributed by atoms with Crippen LogP contribution in [-0.4, -0.2) is 34.8 Å². The van der Waals surface area contributed by atoms with Crippen molar-refractivity contribution < 1.29 is 14.6 Å². The number of amides is 1. The molecular formula is C14H22N2O3. The number of hydrogen-bond acceptors (Lipinski definition) is 4. The predicted octanol–water partition coefficient (Wildman–Crippen LogP) is 1.76. The first kappa shape index (κ1) is 15.4. The summed E-state index contributed by atoms with van der Waals surface area (Å²) in [6.45, 7) is 6.12. The van der Waals surface area contributed by atoms with Gasteiger partial charge in [0.2, 0.25) is 5.88 Å². The molecule has 1 aromatic rings. The molecule has 1 heterocycles. The van der Waals surface area contributed by atoms with E-state index < -0.39 is 6.10 Å². The fraction of sp³-hybridized carbons (Fsp3) is 0.571. The highest BCUT2D eigenvalue weighted by Crippen LogP contribution is 2.12. The Kier molecular flexibility index (Phi) is 6.29. The molecule has 0 aromatic carbocycles. The van der Waals surface area contributed by atoms with Crippen LogP contribution >= 0.6 is 0 Å². The van der Waals surface area contributed by atoms with Crippen molar-refractivity contribution in [3.8, 4) is 5.88 Å². The summed E-state index contributed by atoms with van der Waals surface area (Å²) in [5.74, 6) is 0.273. The Balaban J connectivity index is 2.57.